The predicted molar refractivity (Wildman–Crippen MR) is 66.9 cm³/mol. The fraction of sp³-hybridized carbons (Fsp3) is 0.667. The third-order valence-electron chi connectivity index (χ3n) is 2.42. The van der Waals surface area contributed by atoms with E-state index in [1.807, 2.05) is 13.8 Å². The maximum absolute atomic E-state index is 11.4. The van der Waals surface area contributed by atoms with Gasteiger partial charge in [-0.3, -0.25) is 4.79 Å². The zero-order chi connectivity index (χ0) is 12.1. The summed E-state index contributed by atoms with van der Waals surface area (Å²) in [5.74, 6) is 1.64. The summed E-state index contributed by atoms with van der Waals surface area (Å²) in [5, 5.41) is 3.25. The molecule has 2 N–H and O–H groups in total. The molecule has 1 aromatic rings. The number of aromatic amines is 1. The predicted octanol–water partition coefficient (Wildman–Crippen LogP) is 2.49. The molecule has 0 fully saturated rings. The van der Waals surface area contributed by atoms with E-state index in [4.69, 9.17) is 0 Å². The van der Waals surface area contributed by atoms with Crippen molar-refractivity contribution in [3.8, 4) is 0 Å². The maximum Gasteiger partial charge on any atom is 0.252 e. The number of hydrogen-bond acceptors (Lipinski definition) is 3. The molecule has 4 heteroatoms. The van der Waals surface area contributed by atoms with Crippen molar-refractivity contribution in [3.63, 3.8) is 0 Å². The van der Waals surface area contributed by atoms with Crippen LogP contribution < -0.4 is 10.9 Å². The highest BCUT2D eigenvalue weighted by molar-refractivity contribution is 5.34. The van der Waals surface area contributed by atoms with Gasteiger partial charge in [-0.15, -0.1) is 0 Å². The molecule has 0 amide bonds. The Morgan fingerprint density at radius 2 is 2.12 bits per heavy atom. The third-order valence-corrected chi connectivity index (χ3v) is 2.42. The van der Waals surface area contributed by atoms with Gasteiger partial charge in [0.05, 0.1) is 0 Å². The van der Waals surface area contributed by atoms with Crippen LogP contribution in [-0.2, 0) is 0 Å². The van der Waals surface area contributed by atoms with E-state index in [0.29, 0.717) is 11.9 Å². The molecule has 0 bridgehead atoms. The van der Waals surface area contributed by atoms with Crippen molar-refractivity contribution in [2.24, 2.45) is 0 Å². The summed E-state index contributed by atoms with van der Waals surface area (Å²) in [7, 11) is 0. The Balaban J connectivity index is 2.84. The normalized spacial score (nSPS) is 12.8. The lowest BCUT2D eigenvalue weighted by Gasteiger charge is -2.14. The Kier molecular flexibility index (Phi) is 4.52. The summed E-state index contributed by atoms with van der Waals surface area (Å²) in [6.45, 7) is 8.26. The molecule has 0 spiro atoms. The molecule has 0 aliphatic carbocycles. The molecule has 90 valence electrons. The molecule has 0 radical (unpaired) electrons. The van der Waals surface area contributed by atoms with Crippen molar-refractivity contribution >= 4 is 5.82 Å². The average molecular weight is 223 g/mol. The molecular formula is C12H21N3O. The van der Waals surface area contributed by atoms with E-state index in [9.17, 15) is 4.79 Å². The maximum atomic E-state index is 11.4. The van der Waals surface area contributed by atoms with Crippen LogP contribution >= 0.6 is 0 Å². The standard InChI is InChI=1S/C12H21N3O/c1-5-6-9(4)13-10-7-11(16)15-12(14-10)8(2)3/h7-9H,5-6H2,1-4H3,(H2,13,14,15,16). The van der Waals surface area contributed by atoms with Crippen LogP contribution in [0.2, 0.25) is 0 Å². The van der Waals surface area contributed by atoms with Gasteiger partial charge in [0.1, 0.15) is 11.6 Å². The number of rotatable bonds is 5. The Bertz CT molecular complexity index is 384. The van der Waals surface area contributed by atoms with E-state index in [0.717, 1.165) is 18.7 Å². The second kappa shape index (κ2) is 5.68. The van der Waals surface area contributed by atoms with Gasteiger partial charge in [0.25, 0.3) is 5.56 Å². The third kappa shape index (κ3) is 3.68. The average Bonchev–Trinajstić information content (AvgIpc) is 2.16. The Hall–Kier alpha value is -1.32. The van der Waals surface area contributed by atoms with E-state index < -0.39 is 0 Å². The van der Waals surface area contributed by atoms with Crippen molar-refractivity contribution in [1.82, 2.24) is 9.97 Å². The molecule has 4 nitrogen and oxygen atoms in total. The number of H-pyrrole nitrogens is 1. The molecular weight excluding hydrogens is 202 g/mol. The summed E-state index contributed by atoms with van der Waals surface area (Å²) in [6.07, 6.45) is 2.19. The number of aromatic nitrogens is 2. The highest BCUT2D eigenvalue weighted by atomic mass is 16.1. The van der Waals surface area contributed by atoms with Crippen LogP contribution in [0.25, 0.3) is 0 Å². The smallest absolute Gasteiger partial charge is 0.252 e. The topological polar surface area (TPSA) is 57.8 Å². The lowest BCUT2D eigenvalue weighted by atomic mass is 10.2. The second-order valence-electron chi connectivity index (χ2n) is 4.50. The fourth-order valence-corrected chi connectivity index (χ4v) is 1.58. The van der Waals surface area contributed by atoms with Gasteiger partial charge in [-0.05, 0) is 13.3 Å². The first-order valence-electron chi connectivity index (χ1n) is 5.90. The van der Waals surface area contributed by atoms with E-state index in [2.05, 4.69) is 29.1 Å². The summed E-state index contributed by atoms with van der Waals surface area (Å²) in [5.41, 5.74) is -0.0927. The summed E-state index contributed by atoms with van der Waals surface area (Å²) >= 11 is 0. The molecule has 1 atom stereocenters. The minimum atomic E-state index is -0.0927. The molecule has 0 aliphatic rings. The van der Waals surface area contributed by atoms with Gasteiger partial charge in [-0.2, -0.15) is 0 Å². The first-order chi connectivity index (χ1) is 7.52. The largest absolute Gasteiger partial charge is 0.367 e. The van der Waals surface area contributed by atoms with E-state index in [1.54, 1.807) is 0 Å². The minimum Gasteiger partial charge on any atom is -0.367 e. The summed E-state index contributed by atoms with van der Waals surface area (Å²) in [4.78, 5) is 18.6. The summed E-state index contributed by atoms with van der Waals surface area (Å²) in [6, 6.07) is 1.86. The molecule has 0 aromatic carbocycles. The van der Waals surface area contributed by atoms with Gasteiger partial charge < -0.3 is 10.3 Å². The molecule has 0 saturated carbocycles. The van der Waals surface area contributed by atoms with Crippen molar-refractivity contribution in [1.29, 1.82) is 0 Å². The first kappa shape index (κ1) is 12.7. The highest BCUT2D eigenvalue weighted by Crippen LogP contribution is 2.10. The van der Waals surface area contributed by atoms with Crippen LogP contribution in [-0.4, -0.2) is 16.0 Å². The van der Waals surface area contributed by atoms with Crippen LogP contribution in [0.3, 0.4) is 0 Å². The molecule has 0 aliphatic heterocycles. The van der Waals surface area contributed by atoms with Crippen LogP contribution in [0.15, 0.2) is 10.9 Å². The molecule has 1 heterocycles. The van der Waals surface area contributed by atoms with Gasteiger partial charge in [-0.25, -0.2) is 4.98 Å². The van der Waals surface area contributed by atoms with Crippen molar-refractivity contribution < 1.29 is 0 Å². The van der Waals surface area contributed by atoms with Crippen LogP contribution in [0.5, 0.6) is 0 Å². The first-order valence-corrected chi connectivity index (χ1v) is 5.90. The van der Waals surface area contributed by atoms with Crippen LogP contribution in [0.1, 0.15) is 52.3 Å². The lowest BCUT2D eigenvalue weighted by Crippen LogP contribution is -2.20. The Morgan fingerprint density at radius 1 is 1.44 bits per heavy atom. The lowest BCUT2D eigenvalue weighted by molar-refractivity contribution is 0.682. The molecule has 1 rings (SSSR count). The van der Waals surface area contributed by atoms with Crippen LogP contribution in [0.4, 0.5) is 5.82 Å². The van der Waals surface area contributed by atoms with Gasteiger partial charge in [0.2, 0.25) is 0 Å². The Morgan fingerprint density at radius 3 is 2.69 bits per heavy atom. The number of nitrogens with zero attached hydrogens (tertiary/aromatic N) is 1. The fourth-order valence-electron chi connectivity index (χ4n) is 1.58. The number of hydrogen-bond donors (Lipinski definition) is 2. The van der Waals surface area contributed by atoms with Gasteiger partial charge in [0, 0.05) is 18.0 Å². The molecule has 16 heavy (non-hydrogen) atoms. The van der Waals surface area contributed by atoms with Gasteiger partial charge >= 0.3 is 0 Å². The zero-order valence-electron chi connectivity index (χ0n) is 10.5. The summed E-state index contributed by atoms with van der Waals surface area (Å²) < 4.78 is 0. The SMILES string of the molecule is CCCC(C)Nc1cc(=O)[nH]c(C(C)C)n1. The van der Waals surface area contributed by atoms with E-state index in [-0.39, 0.29) is 11.5 Å². The quantitative estimate of drug-likeness (QED) is 0.806. The highest BCUT2D eigenvalue weighted by Gasteiger charge is 2.07. The van der Waals surface area contributed by atoms with E-state index >= 15 is 0 Å². The molecule has 0 saturated heterocycles. The molecule has 1 aromatic heterocycles. The minimum absolute atomic E-state index is 0.0927. The second-order valence-corrected chi connectivity index (χ2v) is 4.50. The van der Waals surface area contributed by atoms with Crippen LogP contribution in [0, 0.1) is 0 Å². The number of nitrogens with one attached hydrogen (secondary N) is 2. The van der Waals surface area contributed by atoms with Gasteiger partial charge in [0.15, 0.2) is 0 Å². The number of anilines is 1. The monoisotopic (exact) mass is 223 g/mol. The van der Waals surface area contributed by atoms with Gasteiger partial charge in [-0.1, -0.05) is 27.2 Å². The molecule has 1 unspecified atom stereocenters. The van der Waals surface area contributed by atoms with Crippen molar-refractivity contribution in [3.05, 3.63) is 22.2 Å². The zero-order valence-corrected chi connectivity index (χ0v) is 10.5. The van der Waals surface area contributed by atoms with E-state index in [1.165, 1.54) is 6.07 Å². The van der Waals surface area contributed by atoms with Crippen molar-refractivity contribution in [2.45, 2.75) is 52.5 Å². The Labute approximate surface area is 96.5 Å². The van der Waals surface area contributed by atoms with Crippen molar-refractivity contribution in [2.75, 3.05) is 5.32 Å².